The number of anilines is 1. The summed E-state index contributed by atoms with van der Waals surface area (Å²) in [4.78, 5) is 14.5. The van der Waals surface area contributed by atoms with Gasteiger partial charge in [0.15, 0.2) is 0 Å². The topological polar surface area (TPSA) is 50.1 Å². The van der Waals surface area contributed by atoms with E-state index >= 15 is 0 Å². The number of hydrogen-bond donors (Lipinski definition) is 0. The summed E-state index contributed by atoms with van der Waals surface area (Å²) in [7, 11) is 0. The third kappa shape index (κ3) is 4.29. The molecule has 0 bridgehead atoms. The summed E-state index contributed by atoms with van der Waals surface area (Å²) in [5.41, 5.74) is 6.16. The van der Waals surface area contributed by atoms with Crippen molar-refractivity contribution in [3.05, 3.63) is 64.9 Å². The Hall–Kier alpha value is -2.73. The summed E-state index contributed by atoms with van der Waals surface area (Å²) in [6.45, 7) is 9.44. The van der Waals surface area contributed by atoms with Crippen LogP contribution in [0.5, 0.6) is 0 Å². The van der Waals surface area contributed by atoms with Crippen LogP contribution in [0.1, 0.15) is 60.9 Å². The van der Waals surface area contributed by atoms with Crippen molar-refractivity contribution in [3.63, 3.8) is 0 Å². The average Bonchev–Trinajstić information content (AvgIpc) is 3.16. The van der Waals surface area contributed by atoms with Crippen LogP contribution in [0.2, 0.25) is 0 Å². The third-order valence-corrected chi connectivity index (χ3v) is 6.73. The third-order valence-electron chi connectivity index (χ3n) is 6.73. The second kappa shape index (κ2) is 9.41. The van der Waals surface area contributed by atoms with Crippen LogP contribution in [0.25, 0.3) is 5.69 Å². The lowest BCUT2D eigenvalue weighted by Crippen LogP contribution is -2.34. The van der Waals surface area contributed by atoms with Gasteiger partial charge in [-0.15, -0.1) is 0 Å². The Morgan fingerprint density at radius 3 is 2.59 bits per heavy atom. The molecule has 6 heteroatoms. The van der Waals surface area contributed by atoms with Crippen LogP contribution in [-0.4, -0.2) is 44.3 Å². The van der Waals surface area contributed by atoms with Gasteiger partial charge in [-0.3, -0.25) is 4.90 Å². The zero-order valence-electron chi connectivity index (χ0n) is 19.4. The lowest BCUT2D eigenvalue weighted by Gasteiger charge is -2.32. The molecule has 3 aromatic rings. The van der Waals surface area contributed by atoms with Crippen molar-refractivity contribution in [3.8, 4) is 5.69 Å². The molecule has 4 heterocycles. The smallest absolute Gasteiger partial charge is 0.137 e. The highest BCUT2D eigenvalue weighted by atomic mass is 15.4. The number of hydrogen-bond acceptors (Lipinski definition) is 5. The van der Waals surface area contributed by atoms with E-state index in [1.54, 1.807) is 0 Å². The molecule has 0 spiro atoms. The maximum Gasteiger partial charge on any atom is 0.137 e. The van der Waals surface area contributed by atoms with Gasteiger partial charge in [0, 0.05) is 68.6 Å². The molecule has 1 saturated heterocycles. The Bertz CT molecular complexity index is 1050. The van der Waals surface area contributed by atoms with Gasteiger partial charge in [-0.05, 0) is 44.7 Å². The number of aryl methyl sites for hydroxylation is 2. The van der Waals surface area contributed by atoms with Crippen molar-refractivity contribution < 1.29 is 0 Å². The van der Waals surface area contributed by atoms with E-state index in [-0.39, 0.29) is 0 Å². The summed E-state index contributed by atoms with van der Waals surface area (Å²) in [6.07, 6.45) is 8.96. The SMILES string of the molecule is CCCc1ncc2c(n1)CCN(Cc1c(C)nn(-c3ccccc3)c1N1CCCCC1)C2. The first-order chi connectivity index (χ1) is 15.7. The monoisotopic (exact) mass is 430 g/mol. The highest BCUT2D eigenvalue weighted by Gasteiger charge is 2.26. The normalized spacial score (nSPS) is 16.9. The van der Waals surface area contributed by atoms with Gasteiger partial charge in [0.25, 0.3) is 0 Å². The first-order valence-electron chi connectivity index (χ1n) is 12.2. The molecule has 1 aromatic carbocycles. The number of benzene rings is 1. The van der Waals surface area contributed by atoms with Gasteiger partial charge < -0.3 is 4.90 Å². The maximum absolute atomic E-state index is 5.02. The number of aromatic nitrogens is 4. The van der Waals surface area contributed by atoms with E-state index in [4.69, 9.17) is 10.1 Å². The van der Waals surface area contributed by atoms with Crippen LogP contribution in [-0.2, 0) is 25.9 Å². The Balaban J connectivity index is 1.44. The highest BCUT2D eigenvalue weighted by molar-refractivity contribution is 5.55. The van der Waals surface area contributed by atoms with Gasteiger partial charge in [0.05, 0.1) is 11.4 Å². The highest BCUT2D eigenvalue weighted by Crippen LogP contribution is 2.32. The predicted molar refractivity (Wildman–Crippen MR) is 128 cm³/mol. The van der Waals surface area contributed by atoms with Crippen LogP contribution in [0, 0.1) is 6.92 Å². The zero-order chi connectivity index (χ0) is 21.9. The van der Waals surface area contributed by atoms with E-state index in [9.17, 15) is 0 Å². The molecule has 0 unspecified atom stereocenters. The van der Waals surface area contributed by atoms with Gasteiger partial charge in [-0.1, -0.05) is 25.1 Å². The largest absolute Gasteiger partial charge is 0.356 e. The van der Waals surface area contributed by atoms with Crippen molar-refractivity contribution in [2.45, 2.75) is 65.5 Å². The van der Waals surface area contributed by atoms with Crippen LogP contribution < -0.4 is 4.90 Å². The van der Waals surface area contributed by atoms with E-state index in [2.05, 4.69) is 69.8 Å². The molecule has 5 rings (SSSR count). The van der Waals surface area contributed by atoms with Gasteiger partial charge in [-0.25, -0.2) is 14.6 Å². The minimum absolute atomic E-state index is 0.914. The fraction of sp³-hybridized carbons (Fsp3) is 0.500. The van der Waals surface area contributed by atoms with Gasteiger partial charge in [0.2, 0.25) is 0 Å². The molecule has 0 amide bonds. The molecule has 2 aliphatic rings. The van der Waals surface area contributed by atoms with Crippen LogP contribution >= 0.6 is 0 Å². The number of rotatable bonds is 6. The first kappa shape index (κ1) is 21.1. The molecule has 6 nitrogen and oxygen atoms in total. The fourth-order valence-electron chi connectivity index (χ4n) is 5.03. The second-order valence-corrected chi connectivity index (χ2v) is 9.15. The summed E-state index contributed by atoms with van der Waals surface area (Å²) < 4.78 is 2.17. The molecule has 168 valence electrons. The zero-order valence-corrected chi connectivity index (χ0v) is 19.4. The van der Waals surface area contributed by atoms with Crippen LogP contribution in [0.3, 0.4) is 0 Å². The minimum Gasteiger partial charge on any atom is -0.356 e. The van der Waals surface area contributed by atoms with Crippen LogP contribution in [0.4, 0.5) is 5.82 Å². The first-order valence-corrected chi connectivity index (χ1v) is 12.2. The molecule has 0 aliphatic carbocycles. The average molecular weight is 431 g/mol. The van der Waals surface area contributed by atoms with Gasteiger partial charge in [0.1, 0.15) is 11.6 Å². The molecule has 0 N–H and O–H groups in total. The van der Waals surface area contributed by atoms with Crippen molar-refractivity contribution in [2.24, 2.45) is 0 Å². The molecular formula is C26H34N6. The standard InChI is InChI=1S/C26H34N6/c1-3-10-25-27-17-21-18-30(16-13-24(21)28-25)19-23-20(2)29-32(22-11-6-4-7-12-22)26(23)31-14-8-5-9-15-31/h4,6-7,11-12,17H,3,5,8-10,13-16,18-19H2,1-2H3. The van der Waals surface area contributed by atoms with E-state index in [0.717, 1.165) is 69.2 Å². The predicted octanol–water partition coefficient (Wildman–Crippen LogP) is 4.47. The lowest BCUT2D eigenvalue weighted by molar-refractivity contribution is 0.242. The number of fused-ring (bicyclic) bond motifs is 1. The van der Waals surface area contributed by atoms with Gasteiger partial charge in [-0.2, -0.15) is 5.10 Å². The lowest BCUT2D eigenvalue weighted by atomic mass is 10.1. The Morgan fingerprint density at radius 2 is 1.81 bits per heavy atom. The van der Waals surface area contributed by atoms with E-state index in [0.29, 0.717) is 0 Å². The Labute approximate surface area is 191 Å². The Kier molecular flexibility index (Phi) is 6.21. The number of para-hydroxylation sites is 1. The molecule has 0 atom stereocenters. The van der Waals surface area contributed by atoms with Gasteiger partial charge >= 0.3 is 0 Å². The molecule has 1 fully saturated rings. The molecule has 0 radical (unpaired) electrons. The van der Waals surface area contributed by atoms with Crippen molar-refractivity contribution >= 4 is 5.82 Å². The van der Waals surface area contributed by atoms with E-state index in [1.165, 1.54) is 41.9 Å². The fourth-order valence-corrected chi connectivity index (χ4v) is 5.03. The minimum atomic E-state index is 0.914. The summed E-state index contributed by atoms with van der Waals surface area (Å²) >= 11 is 0. The summed E-state index contributed by atoms with van der Waals surface area (Å²) in [5.74, 6) is 2.28. The molecule has 2 aromatic heterocycles. The maximum atomic E-state index is 5.02. The quantitative estimate of drug-likeness (QED) is 0.577. The molecule has 2 aliphatic heterocycles. The van der Waals surface area contributed by atoms with Crippen molar-refractivity contribution in [2.75, 3.05) is 24.5 Å². The molecule has 32 heavy (non-hydrogen) atoms. The van der Waals surface area contributed by atoms with Crippen LogP contribution in [0.15, 0.2) is 36.5 Å². The molecule has 0 saturated carbocycles. The van der Waals surface area contributed by atoms with Crippen molar-refractivity contribution in [1.29, 1.82) is 0 Å². The second-order valence-electron chi connectivity index (χ2n) is 9.15. The Morgan fingerprint density at radius 1 is 1.00 bits per heavy atom. The molecular weight excluding hydrogens is 396 g/mol. The summed E-state index contributed by atoms with van der Waals surface area (Å²) in [5, 5.41) is 5.02. The van der Waals surface area contributed by atoms with E-state index < -0.39 is 0 Å². The van der Waals surface area contributed by atoms with Crippen molar-refractivity contribution in [1.82, 2.24) is 24.6 Å². The number of nitrogens with zero attached hydrogens (tertiary/aromatic N) is 6. The summed E-state index contributed by atoms with van der Waals surface area (Å²) in [6, 6.07) is 10.6. The number of piperidine rings is 1. The van der Waals surface area contributed by atoms with E-state index in [1.807, 2.05) is 0 Å².